The van der Waals surface area contributed by atoms with Gasteiger partial charge in [-0.15, -0.1) is 0 Å². The molecule has 114 valence electrons. The third-order valence-electron chi connectivity index (χ3n) is 4.22. The highest BCUT2D eigenvalue weighted by atomic mass is 16.6. The Morgan fingerprint density at radius 1 is 1.17 bits per heavy atom. The van der Waals surface area contributed by atoms with E-state index in [9.17, 15) is 14.9 Å². The van der Waals surface area contributed by atoms with Gasteiger partial charge in [0, 0.05) is 36.0 Å². The lowest BCUT2D eigenvalue weighted by atomic mass is 10.1. The number of non-ortho nitro benzene ring substituents is 1. The van der Waals surface area contributed by atoms with Gasteiger partial charge in [-0.05, 0) is 35.6 Å². The molecule has 6 heteroatoms. The van der Waals surface area contributed by atoms with Crippen molar-refractivity contribution in [1.82, 2.24) is 4.98 Å². The fourth-order valence-corrected chi connectivity index (χ4v) is 3.03. The van der Waals surface area contributed by atoms with Crippen LogP contribution in [0.4, 0.5) is 11.4 Å². The van der Waals surface area contributed by atoms with Crippen molar-refractivity contribution >= 4 is 28.2 Å². The highest BCUT2D eigenvalue weighted by Gasteiger charge is 2.27. The summed E-state index contributed by atoms with van der Waals surface area (Å²) < 4.78 is 0. The zero-order chi connectivity index (χ0) is 16.0. The maximum atomic E-state index is 12.8. The van der Waals surface area contributed by atoms with Crippen LogP contribution in [0.2, 0.25) is 0 Å². The van der Waals surface area contributed by atoms with E-state index >= 15 is 0 Å². The average molecular weight is 307 g/mol. The number of carbonyl (C=O) groups excluding carboxylic acids is 1. The fourth-order valence-electron chi connectivity index (χ4n) is 3.03. The minimum absolute atomic E-state index is 0.00303. The lowest BCUT2D eigenvalue weighted by Gasteiger charge is -2.17. The topological polar surface area (TPSA) is 79.2 Å². The Morgan fingerprint density at radius 3 is 2.87 bits per heavy atom. The Morgan fingerprint density at radius 2 is 2.04 bits per heavy atom. The molecule has 2 heterocycles. The number of benzene rings is 2. The molecule has 2 aromatic carbocycles. The number of hydrogen-bond acceptors (Lipinski definition) is 3. The monoisotopic (exact) mass is 307 g/mol. The molecule has 1 aliphatic rings. The van der Waals surface area contributed by atoms with Crippen LogP contribution in [0.15, 0.2) is 48.7 Å². The van der Waals surface area contributed by atoms with Crippen LogP contribution in [-0.4, -0.2) is 22.4 Å². The first-order chi connectivity index (χ1) is 11.1. The molecule has 0 radical (unpaired) electrons. The molecule has 0 atom stereocenters. The van der Waals surface area contributed by atoms with Gasteiger partial charge >= 0.3 is 0 Å². The average Bonchev–Trinajstić information content (AvgIpc) is 3.19. The summed E-state index contributed by atoms with van der Waals surface area (Å²) in [6.45, 7) is 0.540. The van der Waals surface area contributed by atoms with Crippen LogP contribution in [0.1, 0.15) is 15.9 Å². The predicted octanol–water partition coefficient (Wildman–Crippen LogP) is 3.28. The number of nitrogens with zero attached hydrogens (tertiary/aromatic N) is 2. The highest BCUT2D eigenvalue weighted by molar-refractivity contribution is 6.09. The number of hydrogen-bond donors (Lipinski definition) is 1. The van der Waals surface area contributed by atoms with Crippen molar-refractivity contribution in [2.24, 2.45) is 0 Å². The van der Waals surface area contributed by atoms with Gasteiger partial charge < -0.3 is 9.88 Å². The number of carbonyl (C=O) groups is 1. The summed E-state index contributed by atoms with van der Waals surface area (Å²) in [4.78, 5) is 28.0. The van der Waals surface area contributed by atoms with Crippen LogP contribution in [0.5, 0.6) is 0 Å². The van der Waals surface area contributed by atoms with Crippen molar-refractivity contribution < 1.29 is 9.72 Å². The first-order valence-electron chi connectivity index (χ1n) is 7.30. The van der Waals surface area contributed by atoms with E-state index in [0.717, 1.165) is 16.5 Å². The van der Waals surface area contributed by atoms with E-state index in [1.165, 1.54) is 12.1 Å². The molecule has 0 unspecified atom stereocenters. The molecular formula is C17H13N3O3. The molecule has 6 nitrogen and oxygen atoms in total. The Labute approximate surface area is 131 Å². The molecule has 1 amide bonds. The molecule has 1 N–H and O–H groups in total. The minimum atomic E-state index is -0.438. The van der Waals surface area contributed by atoms with Crippen LogP contribution in [-0.2, 0) is 6.42 Å². The molecular weight excluding hydrogens is 294 g/mol. The van der Waals surface area contributed by atoms with Crippen molar-refractivity contribution in [3.63, 3.8) is 0 Å². The number of anilines is 1. The minimum Gasteiger partial charge on any atom is -0.361 e. The highest BCUT2D eigenvalue weighted by Crippen LogP contribution is 2.33. The van der Waals surface area contributed by atoms with Crippen LogP contribution in [0.3, 0.4) is 0 Å². The van der Waals surface area contributed by atoms with Crippen LogP contribution in [0.25, 0.3) is 10.9 Å². The maximum absolute atomic E-state index is 12.8. The van der Waals surface area contributed by atoms with Crippen LogP contribution < -0.4 is 4.90 Å². The van der Waals surface area contributed by atoms with Gasteiger partial charge in [-0.3, -0.25) is 14.9 Å². The van der Waals surface area contributed by atoms with Crippen molar-refractivity contribution in [3.8, 4) is 0 Å². The maximum Gasteiger partial charge on any atom is 0.271 e. The lowest BCUT2D eigenvalue weighted by Crippen LogP contribution is -2.28. The number of fused-ring (bicyclic) bond motifs is 2. The van der Waals surface area contributed by atoms with E-state index in [2.05, 4.69) is 4.98 Å². The number of H-pyrrole nitrogens is 1. The van der Waals surface area contributed by atoms with Gasteiger partial charge in [0.15, 0.2) is 0 Å². The molecule has 0 saturated heterocycles. The molecule has 1 aromatic heterocycles. The van der Waals surface area contributed by atoms with E-state index in [-0.39, 0.29) is 11.6 Å². The molecule has 3 aromatic rings. The summed E-state index contributed by atoms with van der Waals surface area (Å²) in [5.41, 5.74) is 3.07. The summed E-state index contributed by atoms with van der Waals surface area (Å²) in [5.74, 6) is -0.138. The fraction of sp³-hybridized carbons (Fsp3) is 0.118. The largest absolute Gasteiger partial charge is 0.361 e. The van der Waals surface area contributed by atoms with Gasteiger partial charge in [-0.1, -0.05) is 12.1 Å². The third kappa shape index (κ3) is 2.15. The van der Waals surface area contributed by atoms with Gasteiger partial charge in [0.2, 0.25) is 0 Å². The van der Waals surface area contributed by atoms with Crippen molar-refractivity contribution in [2.45, 2.75) is 6.42 Å². The van der Waals surface area contributed by atoms with Gasteiger partial charge in [-0.2, -0.15) is 0 Å². The van der Waals surface area contributed by atoms with Crippen LogP contribution >= 0.6 is 0 Å². The first kappa shape index (κ1) is 13.5. The molecule has 0 fully saturated rings. The number of amides is 1. The number of aromatic nitrogens is 1. The second-order valence-electron chi connectivity index (χ2n) is 5.56. The summed E-state index contributed by atoms with van der Waals surface area (Å²) in [6.07, 6.45) is 2.54. The molecule has 23 heavy (non-hydrogen) atoms. The standard InChI is InChI=1S/C17H13N3O3/c21-17(13-2-1-11-5-7-18-15(11)9-13)19-8-6-12-3-4-14(20(22)23)10-16(12)19/h1-5,7,9-10,18H,6,8H2. The molecule has 0 saturated carbocycles. The Balaban J connectivity index is 1.73. The van der Waals surface area contributed by atoms with Gasteiger partial charge in [-0.25, -0.2) is 0 Å². The Hall–Kier alpha value is -3.15. The zero-order valence-corrected chi connectivity index (χ0v) is 12.2. The Bertz CT molecular complexity index is 945. The zero-order valence-electron chi connectivity index (χ0n) is 12.2. The number of nitrogens with one attached hydrogen (secondary N) is 1. The lowest BCUT2D eigenvalue weighted by molar-refractivity contribution is -0.384. The molecule has 0 aliphatic carbocycles. The summed E-state index contributed by atoms with van der Waals surface area (Å²) in [7, 11) is 0. The van der Waals surface area contributed by atoms with E-state index in [1.54, 1.807) is 17.0 Å². The number of nitro benzene ring substituents is 1. The normalized spacial score (nSPS) is 13.3. The summed E-state index contributed by atoms with van der Waals surface area (Å²) >= 11 is 0. The quantitative estimate of drug-likeness (QED) is 0.583. The van der Waals surface area contributed by atoms with E-state index in [1.807, 2.05) is 24.4 Å². The third-order valence-corrected chi connectivity index (χ3v) is 4.22. The van der Waals surface area contributed by atoms with Gasteiger partial charge in [0.1, 0.15) is 0 Å². The van der Waals surface area contributed by atoms with Crippen LogP contribution in [0, 0.1) is 10.1 Å². The number of rotatable bonds is 2. The molecule has 4 rings (SSSR count). The second-order valence-corrected chi connectivity index (χ2v) is 5.56. The van der Waals surface area contributed by atoms with E-state index in [4.69, 9.17) is 0 Å². The Kier molecular flexibility index (Phi) is 2.90. The molecule has 0 bridgehead atoms. The first-order valence-corrected chi connectivity index (χ1v) is 7.30. The van der Waals surface area contributed by atoms with Crippen molar-refractivity contribution in [3.05, 3.63) is 69.9 Å². The van der Waals surface area contributed by atoms with Gasteiger partial charge in [0.25, 0.3) is 11.6 Å². The van der Waals surface area contributed by atoms with E-state index < -0.39 is 4.92 Å². The number of nitro groups is 1. The molecule has 0 spiro atoms. The predicted molar refractivity (Wildman–Crippen MR) is 86.8 cm³/mol. The summed E-state index contributed by atoms with van der Waals surface area (Å²) in [6, 6.07) is 12.1. The molecule has 1 aliphatic heterocycles. The van der Waals surface area contributed by atoms with Crippen molar-refractivity contribution in [2.75, 3.05) is 11.4 Å². The SMILES string of the molecule is O=C(c1ccc2cc[nH]c2c1)N1CCc2ccc([N+](=O)[O-])cc21. The number of aromatic amines is 1. The summed E-state index contributed by atoms with van der Waals surface area (Å²) in [5, 5.41) is 12.0. The second kappa shape index (κ2) is 4.95. The van der Waals surface area contributed by atoms with Crippen molar-refractivity contribution in [1.29, 1.82) is 0 Å². The van der Waals surface area contributed by atoms with E-state index in [0.29, 0.717) is 24.2 Å². The van der Waals surface area contributed by atoms with Gasteiger partial charge in [0.05, 0.1) is 10.6 Å². The smallest absolute Gasteiger partial charge is 0.271 e.